The van der Waals surface area contributed by atoms with Gasteiger partial charge in [-0.1, -0.05) is 0 Å². The van der Waals surface area contributed by atoms with Gasteiger partial charge in [-0.05, 0) is 13.0 Å². The quantitative estimate of drug-likeness (QED) is 0.776. The number of carbonyl (C=O) groups is 1. The van der Waals surface area contributed by atoms with Gasteiger partial charge in [0, 0.05) is 32.6 Å². The number of hydrogen-bond donors (Lipinski definition) is 0. The summed E-state index contributed by atoms with van der Waals surface area (Å²) in [6.07, 6.45) is 5.10. The van der Waals surface area contributed by atoms with Crippen LogP contribution in [0.4, 0.5) is 0 Å². The van der Waals surface area contributed by atoms with Crippen LogP contribution in [0, 0.1) is 0 Å². The van der Waals surface area contributed by atoms with Crippen LogP contribution < -0.4 is 4.74 Å². The summed E-state index contributed by atoms with van der Waals surface area (Å²) in [5.41, 5.74) is 1.54. The molecule has 0 amide bonds. The predicted molar refractivity (Wildman–Crippen MR) is 78.2 cm³/mol. The maximum atomic E-state index is 12.0. The molecule has 2 heterocycles. The van der Waals surface area contributed by atoms with Gasteiger partial charge in [0.25, 0.3) is 0 Å². The number of nitrogens with zero attached hydrogens (tertiary/aromatic N) is 4. The van der Waals surface area contributed by atoms with Gasteiger partial charge in [-0.3, -0.25) is 0 Å². The van der Waals surface area contributed by atoms with Crippen molar-refractivity contribution in [1.29, 1.82) is 0 Å². The van der Waals surface area contributed by atoms with Crippen molar-refractivity contribution in [3.05, 3.63) is 29.7 Å². The second kappa shape index (κ2) is 6.25. The second-order valence-corrected chi connectivity index (χ2v) is 4.51. The number of methoxy groups -OCH3 is 1. The number of rotatable bonds is 5. The number of ether oxygens (including phenoxy) is 2. The molecule has 0 aliphatic carbocycles. The molecule has 0 aliphatic rings. The van der Waals surface area contributed by atoms with Crippen molar-refractivity contribution in [3.63, 3.8) is 0 Å². The predicted octanol–water partition coefficient (Wildman–Crippen LogP) is 1.45. The molecule has 0 unspecified atom stereocenters. The number of hydrogen-bond acceptors (Lipinski definition) is 6. The van der Waals surface area contributed by atoms with Crippen molar-refractivity contribution >= 4 is 17.7 Å². The average molecular weight is 290 g/mol. The first-order valence-corrected chi connectivity index (χ1v) is 6.51. The summed E-state index contributed by atoms with van der Waals surface area (Å²) < 4.78 is 11.7. The Labute approximate surface area is 122 Å². The van der Waals surface area contributed by atoms with E-state index in [1.54, 1.807) is 23.6 Å². The Hall–Kier alpha value is -2.57. The molecule has 2 aromatic heterocycles. The lowest BCUT2D eigenvalue weighted by atomic mass is 10.2. The number of carbonyl (C=O) groups excluding carboxylic acids is 1. The molecule has 0 radical (unpaired) electrons. The zero-order valence-electron chi connectivity index (χ0n) is 12.5. The van der Waals surface area contributed by atoms with Crippen LogP contribution in [0.25, 0.3) is 11.7 Å². The number of fused-ring (bicyclic) bond motifs is 1. The van der Waals surface area contributed by atoms with Crippen LogP contribution in [0.5, 0.6) is 5.88 Å². The van der Waals surface area contributed by atoms with E-state index in [-0.39, 0.29) is 0 Å². The molecular weight excluding hydrogens is 272 g/mol. The summed E-state index contributed by atoms with van der Waals surface area (Å²) in [5.74, 6) is 0.00258. The zero-order valence-corrected chi connectivity index (χ0v) is 12.5. The van der Waals surface area contributed by atoms with Crippen molar-refractivity contribution in [2.24, 2.45) is 0 Å². The van der Waals surface area contributed by atoms with E-state index in [0.29, 0.717) is 29.4 Å². The summed E-state index contributed by atoms with van der Waals surface area (Å²) >= 11 is 0. The minimum Gasteiger partial charge on any atom is -0.480 e. The van der Waals surface area contributed by atoms with Crippen LogP contribution in [-0.2, 0) is 4.74 Å². The van der Waals surface area contributed by atoms with Gasteiger partial charge in [-0.2, -0.15) is 0 Å². The van der Waals surface area contributed by atoms with Crippen molar-refractivity contribution in [2.75, 3.05) is 27.8 Å². The number of aromatic nitrogens is 3. The van der Waals surface area contributed by atoms with E-state index in [9.17, 15) is 4.79 Å². The van der Waals surface area contributed by atoms with Gasteiger partial charge in [-0.25, -0.2) is 14.3 Å². The normalized spacial score (nSPS) is 11.0. The van der Waals surface area contributed by atoms with E-state index < -0.39 is 5.97 Å². The molecule has 0 bridgehead atoms. The number of esters is 1. The van der Waals surface area contributed by atoms with Crippen LogP contribution in [0.1, 0.15) is 23.0 Å². The van der Waals surface area contributed by atoms with Crippen molar-refractivity contribution in [1.82, 2.24) is 19.5 Å². The molecule has 0 saturated heterocycles. The van der Waals surface area contributed by atoms with Crippen LogP contribution >= 0.6 is 0 Å². The molecule has 7 nitrogen and oxygen atoms in total. The van der Waals surface area contributed by atoms with Gasteiger partial charge >= 0.3 is 5.97 Å². The lowest BCUT2D eigenvalue weighted by molar-refractivity contribution is 0.0525. The summed E-state index contributed by atoms with van der Waals surface area (Å²) in [7, 11) is 5.31. The smallest absolute Gasteiger partial charge is 0.341 e. The minimum atomic E-state index is -0.431. The fraction of sp³-hybridized carbons (Fsp3) is 0.357. The Morgan fingerprint density at radius 3 is 2.86 bits per heavy atom. The first kappa shape index (κ1) is 14.8. The summed E-state index contributed by atoms with van der Waals surface area (Å²) in [6, 6.07) is 1.70. The lowest BCUT2D eigenvalue weighted by Gasteiger charge is -2.08. The molecule has 7 heteroatoms. The van der Waals surface area contributed by atoms with Crippen molar-refractivity contribution in [2.45, 2.75) is 6.92 Å². The van der Waals surface area contributed by atoms with Gasteiger partial charge in [0.15, 0.2) is 5.65 Å². The van der Waals surface area contributed by atoms with Crippen molar-refractivity contribution < 1.29 is 14.3 Å². The molecule has 0 N–H and O–H groups in total. The van der Waals surface area contributed by atoms with Crippen LogP contribution in [0.2, 0.25) is 0 Å². The third-order valence-corrected chi connectivity index (χ3v) is 2.73. The topological polar surface area (TPSA) is 69.0 Å². The van der Waals surface area contributed by atoms with E-state index in [1.165, 1.54) is 13.3 Å². The van der Waals surface area contributed by atoms with Gasteiger partial charge in [0.05, 0.1) is 19.4 Å². The Morgan fingerprint density at radius 1 is 1.48 bits per heavy atom. The fourth-order valence-corrected chi connectivity index (χ4v) is 1.78. The third-order valence-electron chi connectivity index (χ3n) is 2.73. The zero-order chi connectivity index (χ0) is 15.4. The van der Waals surface area contributed by atoms with E-state index in [2.05, 4.69) is 10.1 Å². The first-order valence-electron chi connectivity index (χ1n) is 6.51. The Balaban J connectivity index is 2.61. The molecule has 0 aromatic carbocycles. The van der Waals surface area contributed by atoms with E-state index >= 15 is 0 Å². The highest BCUT2D eigenvalue weighted by atomic mass is 16.5. The monoisotopic (exact) mass is 290 g/mol. The van der Waals surface area contributed by atoms with Gasteiger partial charge in [0.1, 0.15) is 5.56 Å². The Bertz CT molecular complexity index is 676. The summed E-state index contributed by atoms with van der Waals surface area (Å²) in [6.45, 7) is 2.06. The van der Waals surface area contributed by atoms with Gasteiger partial charge in [-0.15, -0.1) is 5.10 Å². The molecule has 112 valence electrons. The second-order valence-electron chi connectivity index (χ2n) is 4.51. The maximum absolute atomic E-state index is 12.0. The molecule has 0 fully saturated rings. The van der Waals surface area contributed by atoms with Gasteiger partial charge in [0.2, 0.25) is 5.88 Å². The SMILES string of the molecule is CCOC(=O)c1cnc2cc(OC)nn2c1/C=C/N(C)C. The van der Waals surface area contributed by atoms with Crippen LogP contribution in [-0.4, -0.2) is 53.3 Å². The minimum absolute atomic E-state index is 0.302. The third kappa shape index (κ3) is 3.13. The molecule has 0 aliphatic heterocycles. The fourth-order valence-electron chi connectivity index (χ4n) is 1.78. The summed E-state index contributed by atoms with van der Waals surface area (Å²) in [4.78, 5) is 18.1. The largest absolute Gasteiger partial charge is 0.480 e. The Kier molecular flexibility index (Phi) is 4.42. The van der Waals surface area contributed by atoms with Crippen LogP contribution in [0.15, 0.2) is 18.5 Å². The highest BCUT2D eigenvalue weighted by Crippen LogP contribution is 2.18. The molecule has 2 aromatic rings. The van der Waals surface area contributed by atoms with Crippen molar-refractivity contribution in [3.8, 4) is 5.88 Å². The highest BCUT2D eigenvalue weighted by molar-refractivity contribution is 5.93. The highest BCUT2D eigenvalue weighted by Gasteiger charge is 2.17. The average Bonchev–Trinajstić information content (AvgIpc) is 2.87. The Morgan fingerprint density at radius 2 is 2.24 bits per heavy atom. The molecule has 2 rings (SSSR count). The maximum Gasteiger partial charge on any atom is 0.341 e. The first-order chi connectivity index (χ1) is 10.1. The molecule has 0 saturated carbocycles. The standard InChI is InChI=1S/C14H18N4O3/c1-5-21-14(19)10-9-15-12-8-13(20-4)16-18(12)11(10)6-7-17(2)3/h6-9H,5H2,1-4H3/b7-6+. The van der Waals surface area contributed by atoms with E-state index in [4.69, 9.17) is 9.47 Å². The van der Waals surface area contributed by atoms with E-state index in [1.807, 2.05) is 25.2 Å². The van der Waals surface area contributed by atoms with E-state index in [0.717, 1.165) is 0 Å². The lowest BCUT2D eigenvalue weighted by Crippen LogP contribution is -2.12. The van der Waals surface area contributed by atoms with Gasteiger partial charge < -0.3 is 14.4 Å². The van der Waals surface area contributed by atoms with Crippen LogP contribution in [0.3, 0.4) is 0 Å². The summed E-state index contributed by atoms with van der Waals surface area (Å²) in [5, 5.41) is 4.27. The molecular formula is C14H18N4O3. The molecule has 0 spiro atoms. The molecule has 21 heavy (non-hydrogen) atoms. The molecule has 0 atom stereocenters.